The largest absolute Gasteiger partial charge is 0.340 e. The maximum absolute atomic E-state index is 11.6. The number of amides is 1. The summed E-state index contributed by atoms with van der Waals surface area (Å²) in [4.78, 5) is 24.4. The van der Waals surface area contributed by atoms with Crippen LogP contribution in [0, 0.1) is 6.92 Å². The summed E-state index contributed by atoms with van der Waals surface area (Å²) in [6.07, 6.45) is 4.58. The average Bonchev–Trinajstić information content (AvgIpc) is 2.64. The summed E-state index contributed by atoms with van der Waals surface area (Å²) < 4.78 is 0. The predicted molar refractivity (Wildman–Crippen MR) is 108 cm³/mol. The quantitative estimate of drug-likeness (QED) is 0.577. The van der Waals surface area contributed by atoms with Crippen molar-refractivity contribution in [3.8, 4) is 0 Å². The Bertz CT molecular complexity index is 910. The Hall–Kier alpha value is -3.48. The van der Waals surface area contributed by atoms with E-state index in [1.54, 1.807) is 12.3 Å². The number of aryl methyl sites for hydroxylation is 1. The minimum atomic E-state index is 0.0227. The first kappa shape index (κ1) is 18.3. The molecular formula is C20H22N6O. The maximum atomic E-state index is 11.6. The number of carbonyl (C=O) groups excluding carboxylic acids is 1. The number of benzene rings is 1. The Morgan fingerprint density at radius 2 is 1.56 bits per heavy atom. The second kappa shape index (κ2) is 8.75. The third-order valence-corrected chi connectivity index (χ3v) is 3.76. The zero-order valence-electron chi connectivity index (χ0n) is 15.4. The van der Waals surface area contributed by atoms with Crippen molar-refractivity contribution in [2.45, 2.75) is 26.7 Å². The van der Waals surface area contributed by atoms with Gasteiger partial charge in [0.1, 0.15) is 23.8 Å². The van der Waals surface area contributed by atoms with Gasteiger partial charge in [-0.15, -0.1) is 0 Å². The molecule has 7 nitrogen and oxygen atoms in total. The van der Waals surface area contributed by atoms with Crippen molar-refractivity contribution in [2.24, 2.45) is 0 Å². The van der Waals surface area contributed by atoms with Crippen LogP contribution in [0.3, 0.4) is 0 Å². The molecule has 2 heterocycles. The SMILES string of the molecule is CCCC(=O)Nc1ccc(Nc2cc(Nc3cc(C)ccn3)ncn2)cc1. The molecule has 3 aromatic rings. The van der Waals surface area contributed by atoms with Crippen molar-refractivity contribution in [2.75, 3.05) is 16.0 Å². The van der Waals surface area contributed by atoms with Crippen LogP contribution >= 0.6 is 0 Å². The van der Waals surface area contributed by atoms with Crippen molar-refractivity contribution >= 4 is 34.7 Å². The summed E-state index contributed by atoms with van der Waals surface area (Å²) in [5.41, 5.74) is 2.75. The van der Waals surface area contributed by atoms with Crippen LogP contribution in [0.15, 0.2) is 55.0 Å². The molecule has 0 saturated carbocycles. The standard InChI is InChI=1S/C20H22N6O/c1-3-4-20(27)25-16-7-5-15(6-8-16)24-18-12-19(23-13-22-18)26-17-11-14(2)9-10-21-17/h5-13H,3-4H2,1-2H3,(H,25,27)(H2,21,22,23,24,26). The monoisotopic (exact) mass is 362 g/mol. The Labute approximate surface area is 158 Å². The summed E-state index contributed by atoms with van der Waals surface area (Å²) >= 11 is 0. The molecule has 3 N–H and O–H groups in total. The number of hydrogen-bond acceptors (Lipinski definition) is 6. The number of nitrogens with one attached hydrogen (secondary N) is 3. The lowest BCUT2D eigenvalue weighted by Crippen LogP contribution is -2.10. The van der Waals surface area contributed by atoms with Crippen molar-refractivity contribution in [3.63, 3.8) is 0 Å². The zero-order valence-corrected chi connectivity index (χ0v) is 15.4. The third-order valence-electron chi connectivity index (χ3n) is 3.76. The molecule has 1 amide bonds. The van der Waals surface area contributed by atoms with Gasteiger partial charge in [-0.2, -0.15) is 0 Å². The van der Waals surface area contributed by atoms with Crippen molar-refractivity contribution in [3.05, 3.63) is 60.6 Å². The van der Waals surface area contributed by atoms with Gasteiger partial charge in [0.25, 0.3) is 0 Å². The van der Waals surface area contributed by atoms with Gasteiger partial charge in [-0.3, -0.25) is 4.79 Å². The van der Waals surface area contributed by atoms with Gasteiger partial charge < -0.3 is 16.0 Å². The fourth-order valence-corrected chi connectivity index (χ4v) is 2.47. The highest BCUT2D eigenvalue weighted by molar-refractivity contribution is 5.90. The van der Waals surface area contributed by atoms with Gasteiger partial charge in [-0.1, -0.05) is 6.92 Å². The number of nitrogens with zero attached hydrogens (tertiary/aromatic N) is 3. The molecule has 27 heavy (non-hydrogen) atoms. The highest BCUT2D eigenvalue weighted by Crippen LogP contribution is 2.20. The topological polar surface area (TPSA) is 91.8 Å². The minimum absolute atomic E-state index is 0.0227. The predicted octanol–water partition coefficient (Wildman–Crippen LogP) is 4.41. The van der Waals surface area contributed by atoms with Crippen LogP contribution in [0.4, 0.5) is 28.8 Å². The smallest absolute Gasteiger partial charge is 0.224 e. The molecule has 0 unspecified atom stereocenters. The van der Waals surface area contributed by atoms with Gasteiger partial charge in [0.15, 0.2) is 0 Å². The van der Waals surface area contributed by atoms with Crippen LogP contribution < -0.4 is 16.0 Å². The normalized spacial score (nSPS) is 10.3. The summed E-state index contributed by atoms with van der Waals surface area (Å²) in [6, 6.07) is 13.2. The molecule has 0 atom stereocenters. The molecule has 0 bridgehead atoms. The molecule has 0 saturated heterocycles. The summed E-state index contributed by atoms with van der Waals surface area (Å²) in [7, 11) is 0. The zero-order chi connectivity index (χ0) is 19.1. The van der Waals surface area contributed by atoms with Crippen LogP contribution in [0.5, 0.6) is 0 Å². The molecule has 0 radical (unpaired) electrons. The van der Waals surface area contributed by atoms with Gasteiger partial charge in [-0.25, -0.2) is 15.0 Å². The molecule has 2 aromatic heterocycles. The summed E-state index contributed by atoms with van der Waals surface area (Å²) in [6.45, 7) is 3.99. The maximum Gasteiger partial charge on any atom is 0.224 e. The number of rotatable bonds is 7. The minimum Gasteiger partial charge on any atom is -0.340 e. The van der Waals surface area contributed by atoms with Crippen LogP contribution in [0.25, 0.3) is 0 Å². The van der Waals surface area contributed by atoms with E-state index in [1.165, 1.54) is 6.33 Å². The molecule has 1 aromatic carbocycles. The molecule has 7 heteroatoms. The first-order valence-corrected chi connectivity index (χ1v) is 8.81. The lowest BCUT2D eigenvalue weighted by atomic mass is 10.2. The van der Waals surface area contributed by atoms with Gasteiger partial charge in [0.05, 0.1) is 0 Å². The second-order valence-electron chi connectivity index (χ2n) is 6.13. The average molecular weight is 362 g/mol. The number of carbonyl (C=O) groups is 1. The molecule has 0 aliphatic carbocycles. The highest BCUT2D eigenvalue weighted by Gasteiger charge is 2.03. The number of hydrogen-bond donors (Lipinski definition) is 3. The fourth-order valence-electron chi connectivity index (χ4n) is 2.47. The molecule has 138 valence electrons. The van der Waals surface area contributed by atoms with E-state index in [1.807, 2.05) is 50.2 Å². The summed E-state index contributed by atoms with van der Waals surface area (Å²) in [5, 5.41) is 9.25. The van der Waals surface area contributed by atoms with Gasteiger partial charge >= 0.3 is 0 Å². The molecule has 0 fully saturated rings. The molecule has 0 spiro atoms. The van der Waals surface area contributed by atoms with Gasteiger partial charge in [-0.05, 0) is 55.3 Å². The Balaban J connectivity index is 1.64. The van der Waals surface area contributed by atoms with E-state index in [0.717, 1.165) is 29.2 Å². The highest BCUT2D eigenvalue weighted by atomic mass is 16.1. The van der Waals surface area contributed by atoms with Crippen LogP contribution in [0.1, 0.15) is 25.3 Å². The number of pyridine rings is 1. The summed E-state index contributed by atoms with van der Waals surface area (Å²) in [5.74, 6) is 2.05. The van der Waals surface area contributed by atoms with Crippen LogP contribution in [-0.4, -0.2) is 20.9 Å². The lowest BCUT2D eigenvalue weighted by molar-refractivity contribution is -0.116. The van der Waals surface area contributed by atoms with E-state index >= 15 is 0 Å². The van der Waals surface area contributed by atoms with Crippen molar-refractivity contribution < 1.29 is 4.79 Å². The van der Waals surface area contributed by atoms with Crippen LogP contribution in [0.2, 0.25) is 0 Å². The van der Waals surface area contributed by atoms with Gasteiger partial charge in [0.2, 0.25) is 5.91 Å². The first-order valence-electron chi connectivity index (χ1n) is 8.81. The van der Waals surface area contributed by atoms with Crippen molar-refractivity contribution in [1.82, 2.24) is 15.0 Å². The fraction of sp³-hybridized carbons (Fsp3) is 0.200. The van der Waals surface area contributed by atoms with E-state index in [9.17, 15) is 4.79 Å². The lowest BCUT2D eigenvalue weighted by Gasteiger charge is -2.10. The van der Waals surface area contributed by atoms with E-state index < -0.39 is 0 Å². The Morgan fingerprint density at radius 1 is 0.889 bits per heavy atom. The molecule has 0 aliphatic heterocycles. The van der Waals surface area contributed by atoms with E-state index in [4.69, 9.17) is 0 Å². The number of anilines is 5. The number of aromatic nitrogens is 3. The Morgan fingerprint density at radius 3 is 2.26 bits per heavy atom. The van der Waals surface area contributed by atoms with E-state index in [2.05, 4.69) is 30.9 Å². The Kier molecular flexibility index (Phi) is 5.94. The van der Waals surface area contributed by atoms with Gasteiger partial charge in [0, 0.05) is 30.1 Å². The van der Waals surface area contributed by atoms with E-state index in [0.29, 0.717) is 18.1 Å². The van der Waals surface area contributed by atoms with Crippen molar-refractivity contribution in [1.29, 1.82) is 0 Å². The third kappa shape index (κ3) is 5.50. The molecule has 0 aliphatic rings. The molecule has 3 rings (SSSR count). The second-order valence-corrected chi connectivity index (χ2v) is 6.13. The first-order chi connectivity index (χ1) is 13.1. The molecular weight excluding hydrogens is 340 g/mol. The van der Waals surface area contributed by atoms with E-state index in [-0.39, 0.29) is 5.91 Å². The van der Waals surface area contributed by atoms with Crippen LogP contribution in [-0.2, 0) is 4.79 Å².